The number of fused-ring (bicyclic) bond motifs is 6. The normalized spacial score (nSPS) is 11.2. The van der Waals surface area contributed by atoms with Crippen LogP contribution in [0.5, 0.6) is 0 Å². The predicted octanol–water partition coefficient (Wildman–Crippen LogP) is 9.38. The van der Waals surface area contributed by atoms with E-state index in [1.165, 1.54) is 75.0 Å². The zero-order chi connectivity index (χ0) is 29.3. The second-order valence-electron chi connectivity index (χ2n) is 10.5. The Kier molecular flexibility index (Phi) is 9.26. The Labute approximate surface area is 260 Å². The molecule has 0 amide bonds. The summed E-state index contributed by atoms with van der Waals surface area (Å²) in [6, 6.07) is 29.7. The molecule has 0 aliphatic rings. The number of nitrogens with zero attached hydrogens (tertiary/aromatic N) is 2. The van der Waals surface area contributed by atoms with E-state index < -0.39 is 0 Å². The third kappa shape index (κ3) is 5.99. The van der Waals surface area contributed by atoms with Gasteiger partial charge in [-0.15, -0.1) is 5.56 Å². The molecule has 6 aromatic rings. The first-order chi connectivity index (χ1) is 19.7. The summed E-state index contributed by atoms with van der Waals surface area (Å²) in [5.74, 6) is -0.0625. The van der Waals surface area contributed by atoms with Crippen molar-refractivity contribution < 1.29 is 30.0 Å². The number of aliphatic hydroxyl groups is 1. The predicted molar refractivity (Wildman–Crippen MR) is 171 cm³/mol. The van der Waals surface area contributed by atoms with Gasteiger partial charge in [-0.05, 0) is 85.0 Å². The summed E-state index contributed by atoms with van der Waals surface area (Å²) in [4.78, 5) is 10.0. The number of rotatable bonds is 4. The van der Waals surface area contributed by atoms with Crippen LogP contribution in [0.25, 0.3) is 55.5 Å². The Morgan fingerprint density at radius 1 is 0.905 bits per heavy atom. The average molecular weight is 730 g/mol. The first-order valence-electron chi connectivity index (χ1n) is 13.6. The molecule has 0 atom stereocenters. The molecule has 42 heavy (non-hydrogen) atoms. The van der Waals surface area contributed by atoms with Crippen LogP contribution in [0.4, 0.5) is 0 Å². The van der Waals surface area contributed by atoms with Gasteiger partial charge in [0.05, 0.1) is 11.3 Å². The van der Waals surface area contributed by atoms with Crippen molar-refractivity contribution in [2.75, 3.05) is 0 Å². The first kappa shape index (κ1) is 30.6. The third-order valence-electron chi connectivity index (χ3n) is 7.24. The van der Waals surface area contributed by atoms with Gasteiger partial charge in [0.25, 0.3) is 0 Å². The van der Waals surface area contributed by atoms with Crippen molar-refractivity contribution in [2.24, 2.45) is 0 Å². The zero-order valence-electron chi connectivity index (χ0n) is 24.5. The number of aromatic nitrogens is 2. The van der Waals surface area contributed by atoms with E-state index in [-0.39, 0.29) is 31.6 Å². The molecule has 0 bridgehead atoms. The Morgan fingerprint density at radius 2 is 1.60 bits per heavy atom. The van der Waals surface area contributed by atoms with Crippen LogP contribution in [-0.2, 0) is 24.9 Å². The van der Waals surface area contributed by atoms with Gasteiger partial charge in [-0.3, -0.25) is 9.31 Å². The summed E-state index contributed by atoms with van der Waals surface area (Å²) < 4.78 is 2.02. The van der Waals surface area contributed by atoms with E-state index >= 15 is 0 Å². The number of hydrogen-bond donors (Lipinski definition) is 1. The van der Waals surface area contributed by atoms with Crippen molar-refractivity contribution in [3.8, 4) is 22.3 Å². The molecule has 1 N–H and O–H groups in total. The summed E-state index contributed by atoms with van der Waals surface area (Å²) in [5, 5.41) is 16.7. The minimum absolute atomic E-state index is 0. The molecule has 0 spiro atoms. The minimum Gasteiger partial charge on any atom is -0.512 e. The minimum atomic E-state index is -0.125. The molecule has 0 unspecified atom stereocenters. The number of benzene rings is 4. The fraction of sp³-hybridized carbons (Fsp3) is 0.135. The third-order valence-corrected chi connectivity index (χ3v) is 7.24. The maximum absolute atomic E-state index is 10.0. The monoisotopic (exact) mass is 730 g/mol. The van der Waals surface area contributed by atoms with Crippen LogP contribution in [0.15, 0.2) is 97.4 Å². The number of hydrogen-bond acceptors (Lipinski definition) is 3. The van der Waals surface area contributed by atoms with E-state index in [1.54, 1.807) is 0 Å². The molecule has 213 valence electrons. The quantitative estimate of drug-likeness (QED) is 0.0852. The molecule has 0 aliphatic heterocycles. The van der Waals surface area contributed by atoms with Gasteiger partial charge < -0.3 is 5.11 Å². The van der Waals surface area contributed by atoms with Crippen LogP contribution < -0.4 is 0 Å². The van der Waals surface area contributed by atoms with Crippen LogP contribution >= 0.6 is 0 Å². The Hall–Kier alpha value is -4.31. The molecule has 0 saturated heterocycles. The summed E-state index contributed by atoms with van der Waals surface area (Å²) in [6.07, 6.45) is 4.92. The Morgan fingerprint density at radius 3 is 2.19 bits per heavy atom. The molecular weight excluding hydrogens is 697 g/mol. The van der Waals surface area contributed by atoms with Crippen LogP contribution in [-0.4, -0.2) is 20.5 Å². The van der Waals surface area contributed by atoms with Crippen molar-refractivity contribution in [1.29, 1.82) is 0 Å². The fourth-order valence-electron chi connectivity index (χ4n) is 5.57. The zero-order valence-corrected chi connectivity index (χ0v) is 26.8. The van der Waals surface area contributed by atoms with E-state index in [0.29, 0.717) is 0 Å². The van der Waals surface area contributed by atoms with Crippen LogP contribution in [0, 0.1) is 26.8 Å². The average Bonchev–Trinajstić information content (AvgIpc) is 3.43. The molecular formula is C37H33IrN2O2-. The van der Waals surface area contributed by atoms with Crippen molar-refractivity contribution in [2.45, 2.75) is 34.6 Å². The molecule has 6 rings (SSSR count). The summed E-state index contributed by atoms with van der Waals surface area (Å²) >= 11 is 0. The van der Waals surface area contributed by atoms with E-state index in [0.717, 1.165) is 16.6 Å². The van der Waals surface area contributed by atoms with Crippen molar-refractivity contribution in [1.82, 2.24) is 9.61 Å². The van der Waals surface area contributed by atoms with Gasteiger partial charge >= 0.3 is 0 Å². The Bertz CT molecular complexity index is 1950. The topological polar surface area (TPSA) is 54.6 Å². The van der Waals surface area contributed by atoms with Crippen molar-refractivity contribution in [3.05, 3.63) is 126 Å². The molecule has 4 nitrogen and oxygen atoms in total. The molecule has 1 radical (unpaired) electrons. The largest absolute Gasteiger partial charge is 0.512 e. The molecule has 5 heteroatoms. The maximum atomic E-state index is 10.0. The van der Waals surface area contributed by atoms with Gasteiger partial charge in [-0.2, -0.15) is 23.3 Å². The molecule has 0 aliphatic carbocycles. The van der Waals surface area contributed by atoms with Gasteiger partial charge in [0.15, 0.2) is 5.78 Å². The van der Waals surface area contributed by atoms with Gasteiger partial charge in [-0.1, -0.05) is 83.6 Å². The first-order valence-corrected chi connectivity index (χ1v) is 13.6. The standard InChI is InChI=1S/C32H25N2.C5H8O2.Ir/c1-5-23-10-12-24(13-11-23)25-18-21(3)31(22(4)19-25)27-7-6-8-30-32(27)28-17-20(2)9-14-26(28)29-15-16-33-34(29)30;1-4(6)3-5(2)7;/h5-7,9-19H,1H2,2-4H3;3,6H,1-2H3;/q-1;;/b;4-3-;. The number of ketones is 1. The van der Waals surface area contributed by atoms with E-state index in [2.05, 4.69) is 105 Å². The summed E-state index contributed by atoms with van der Waals surface area (Å²) in [7, 11) is 0. The smallest absolute Gasteiger partial charge is 0.155 e. The van der Waals surface area contributed by atoms with E-state index in [4.69, 9.17) is 5.11 Å². The van der Waals surface area contributed by atoms with Gasteiger partial charge in [0, 0.05) is 32.4 Å². The van der Waals surface area contributed by atoms with Gasteiger partial charge in [-0.25, -0.2) is 0 Å². The fourth-order valence-corrected chi connectivity index (χ4v) is 5.57. The van der Waals surface area contributed by atoms with E-state index in [9.17, 15) is 4.79 Å². The second kappa shape index (κ2) is 12.7. The molecule has 2 heterocycles. The van der Waals surface area contributed by atoms with Crippen molar-refractivity contribution in [3.63, 3.8) is 0 Å². The molecule has 0 saturated carbocycles. The summed E-state index contributed by atoms with van der Waals surface area (Å²) in [6.45, 7) is 13.3. The number of aryl methyl sites for hydroxylation is 3. The van der Waals surface area contributed by atoms with Crippen LogP contribution in [0.3, 0.4) is 0 Å². The van der Waals surface area contributed by atoms with Gasteiger partial charge in [0.1, 0.15) is 0 Å². The SMILES string of the molecule is C=Cc1ccc(-c2cc(C)c(-c3cc[c-]c4c3c3cc(C)ccc3c3ccnn43)c(C)c2)cc1.CC(=O)/C=C(/C)O.[Ir]. The second-order valence-corrected chi connectivity index (χ2v) is 10.5. The molecule has 2 aromatic heterocycles. The van der Waals surface area contributed by atoms with Gasteiger partial charge in [0.2, 0.25) is 0 Å². The number of carbonyl (C=O) groups is 1. The number of carbonyl (C=O) groups excluding carboxylic acids is 1. The molecule has 4 aromatic carbocycles. The number of pyridine rings is 1. The Balaban J connectivity index is 0.000000454. The number of allylic oxidation sites excluding steroid dienone is 2. The van der Waals surface area contributed by atoms with Crippen molar-refractivity contribution >= 4 is 39.1 Å². The molecule has 0 fully saturated rings. The summed E-state index contributed by atoms with van der Waals surface area (Å²) in [5.41, 5.74) is 12.0. The van der Waals surface area contributed by atoms with Crippen LogP contribution in [0.2, 0.25) is 0 Å². The van der Waals surface area contributed by atoms with Crippen LogP contribution in [0.1, 0.15) is 36.1 Å². The maximum Gasteiger partial charge on any atom is 0.155 e. The number of aliphatic hydroxyl groups excluding tert-OH is 1. The van der Waals surface area contributed by atoms with E-state index in [1.807, 2.05) is 22.9 Å².